The van der Waals surface area contributed by atoms with Gasteiger partial charge in [-0.2, -0.15) is 0 Å². The van der Waals surface area contributed by atoms with Crippen LogP contribution >= 0.6 is 0 Å². The Kier molecular flexibility index (Phi) is 262. The van der Waals surface area contributed by atoms with Crippen LogP contribution in [0.4, 0.5) is 0 Å². The summed E-state index contributed by atoms with van der Waals surface area (Å²) in [5.74, 6) is 0. The Balaban J connectivity index is -0.0000000161. The van der Waals surface area contributed by atoms with Gasteiger partial charge in [0.1, 0.15) is 0 Å². The highest BCUT2D eigenvalue weighted by atomic mass is 13.6. The molecule has 0 saturated heterocycles. The third-order valence-corrected chi connectivity index (χ3v) is 2.50. The minimum atomic E-state index is 0. The Hall–Kier alpha value is 0. The van der Waals surface area contributed by atoms with Crippen LogP contribution in [0.1, 0.15) is 163 Å². The van der Waals surface area contributed by atoms with Crippen LogP contribution in [0.3, 0.4) is 0 Å². The molecule has 0 radical (unpaired) electrons. The molecule has 162 valence electrons. The summed E-state index contributed by atoms with van der Waals surface area (Å²) in [4.78, 5) is 0. The second-order valence-electron chi connectivity index (χ2n) is 5.00. The van der Waals surface area contributed by atoms with Crippen LogP contribution in [0, 0.1) is 0 Å². The largest absolute Gasteiger partial charge is 0.0776 e. The highest BCUT2D eigenvalue weighted by molar-refractivity contribution is 4.14. The maximum atomic E-state index is 2.18. The molecule has 0 heteroatoms. The molecule has 0 amide bonds. The minimum absolute atomic E-state index is 0. The Morgan fingerprint density at radius 3 is 0.250 bits per heavy atom. The first-order valence-corrected chi connectivity index (χ1v) is 9.57. The van der Waals surface area contributed by atoms with E-state index in [1.54, 1.807) is 0 Å². The fourth-order valence-electron chi connectivity index (χ4n) is 0. The van der Waals surface area contributed by atoms with Crippen molar-refractivity contribution in [2.45, 2.75) is 163 Å². The van der Waals surface area contributed by atoms with Crippen molar-refractivity contribution in [2.24, 2.45) is 0 Å². The van der Waals surface area contributed by atoms with Crippen LogP contribution in [0.5, 0.6) is 0 Å². The zero-order valence-electron chi connectivity index (χ0n) is 17.1. The average Bonchev–Trinajstić information content (AvgIpc) is 2.55. The van der Waals surface area contributed by atoms with Crippen LogP contribution < -0.4 is 0 Å². The van der Waals surface area contributed by atoms with E-state index in [1.165, 1.54) is 64.2 Å². The second-order valence-corrected chi connectivity index (χ2v) is 5.00. The van der Waals surface area contributed by atoms with Crippen LogP contribution in [0.25, 0.3) is 0 Å². The summed E-state index contributed by atoms with van der Waals surface area (Å²) in [5, 5.41) is 0. The second kappa shape index (κ2) is 111. The Morgan fingerprint density at radius 1 is 0.208 bits per heavy atom. The van der Waals surface area contributed by atoms with Crippen molar-refractivity contribution in [1.82, 2.24) is 0 Å². The lowest BCUT2D eigenvalue weighted by atomic mass is 10.4. The van der Waals surface area contributed by atoms with Gasteiger partial charge in [-0.15, -0.1) is 0 Å². The molecule has 24 heavy (non-hydrogen) atoms. The summed E-state index contributed by atoms with van der Waals surface area (Å²) >= 11 is 0. The third kappa shape index (κ3) is 388. The summed E-state index contributed by atoms with van der Waals surface area (Å²) in [6.45, 7) is 21.8. The molecule has 0 nitrogen and oxygen atoms in total. The predicted molar refractivity (Wildman–Crippen MR) is 130 cm³/mol. The van der Waals surface area contributed by atoms with Crippen molar-refractivity contribution in [3.8, 4) is 0 Å². The van der Waals surface area contributed by atoms with Crippen LogP contribution in [-0.2, 0) is 0 Å². The van der Waals surface area contributed by atoms with Gasteiger partial charge in [0.25, 0.3) is 0 Å². The van der Waals surface area contributed by atoms with E-state index >= 15 is 0 Å². The zero-order chi connectivity index (χ0) is 17.1. The summed E-state index contributed by atoms with van der Waals surface area (Å²) in [6, 6.07) is 0. The van der Waals surface area contributed by atoms with E-state index in [0.717, 1.165) is 0 Å². The molecule has 0 fully saturated rings. The van der Waals surface area contributed by atoms with Crippen LogP contribution in [-0.4, -0.2) is 0 Å². The fraction of sp³-hybridized carbons (Fsp3) is 1.00. The Labute approximate surface area is 163 Å². The van der Waals surface area contributed by atoms with Gasteiger partial charge >= 0.3 is 0 Å². The molecule has 0 heterocycles. The van der Waals surface area contributed by atoms with E-state index < -0.39 is 0 Å². The van der Waals surface area contributed by atoms with Crippen molar-refractivity contribution < 1.29 is 0 Å². The average molecular weight is 355 g/mol. The zero-order valence-corrected chi connectivity index (χ0v) is 17.1. The maximum Gasteiger partial charge on any atom is -0.0564 e. The normalized spacial score (nSPS) is 6.25. The molecule has 0 aliphatic carbocycles. The molecule has 0 spiro atoms. The van der Waals surface area contributed by atoms with Gasteiger partial charge in [0, 0.05) is 0 Å². The monoisotopic (exact) mass is 355 g/mol. The van der Waals surface area contributed by atoms with E-state index in [1.807, 2.05) is 0 Å². The van der Waals surface area contributed by atoms with Crippen molar-refractivity contribution in [2.75, 3.05) is 0 Å². The van der Waals surface area contributed by atoms with Crippen molar-refractivity contribution in [1.29, 1.82) is 0 Å². The molecule has 0 unspecified atom stereocenters. The van der Waals surface area contributed by atoms with Gasteiger partial charge in [-0.05, 0) is 0 Å². The van der Waals surface area contributed by atoms with Gasteiger partial charge in [-0.25, -0.2) is 0 Å². The molecule has 0 N–H and O–H groups in total. The van der Waals surface area contributed by atoms with Gasteiger partial charge in [-0.1, -0.05) is 163 Å². The smallest absolute Gasteiger partial charge is 0.0564 e. The minimum Gasteiger partial charge on any atom is -0.0776 e. The summed E-state index contributed by atoms with van der Waals surface area (Å²) in [7, 11) is 0. The summed E-state index contributed by atoms with van der Waals surface area (Å²) in [6.07, 6.45) is 13.2. The molecule has 0 aromatic rings. The van der Waals surface area contributed by atoms with Crippen LogP contribution in [0.15, 0.2) is 0 Å². The molecule has 0 bridgehead atoms. The summed E-state index contributed by atoms with van der Waals surface area (Å²) in [5.41, 5.74) is 0. The molecular formula is C24H66. The van der Waals surface area contributed by atoms with Crippen molar-refractivity contribution >= 4 is 0 Å². The lowest BCUT2D eigenvalue weighted by Crippen LogP contribution is -1.47. The summed E-state index contributed by atoms with van der Waals surface area (Å²) < 4.78 is 0. The molecule has 0 atom stereocenters. The number of unbranched alkanes of at least 4 members (excludes halogenated alkanes) is 5. The van der Waals surface area contributed by atoms with Gasteiger partial charge in [0.15, 0.2) is 0 Å². The fourth-order valence-corrected chi connectivity index (χ4v) is 0. The Bertz CT molecular complexity index is 33.2. The number of hydrogen-bond donors (Lipinski definition) is 0. The van der Waals surface area contributed by atoms with Crippen LogP contribution in [0.2, 0.25) is 0 Å². The van der Waals surface area contributed by atoms with Gasteiger partial charge in [0.05, 0.1) is 0 Å². The Morgan fingerprint density at radius 2 is 0.250 bits per heavy atom. The number of rotatable bonds is 5. The van der Waals surface area contributed by atoms with Gasteiger partial charge < -0.3 is 0 Å². The third-order valence-electron chi connectivity index (χ3n) is 2.50. The molecule has 0 saturated carbocycles. The molecular weight excluding hydrogens is 288 g/mol. The van der Waals surface area contributed by atoms with E-state index in [2.05, 4.69) is 69.2 Å². The van der Waals surface area contributed by atoms with E-state index in [9.17, 15) is 0 Å². The van der Waals surface area contributed by atoms with Crippen molar-refractivity contribution in [3.63, 3.8) is 0 Å². The predicted octanol–water partition coefficient (Wildman–Crippen LogP) is 11.6. The lowest BCUT2D eigenvalue weighted by Gasteiger charge is -1.68. The standard InChI is InChI=1S/5C4H10.4CH4/c5*1-3-4-2;;;;/h5*3-4H2,1-2H3;4*1H4. The first-order valence-electron chi connectivity index (χ1n) is 9.57. The first-order chi connectivity index (χ1) is 9.57. The van der Waals surface area contributed by atoms with Gasteiger partial charge in [-0.3, -0.25) is 0 Å². The molecule has 0 aromatic heterocycles. The molecule has 0 aliphatic rings. The SMILES string of the molecule is C.C.C.C.CCCC.CCCC.CCCC.CCCC.CCCC. The topological polar surface area (TPSA) is 0 Å². The quantitative estimate of drug-likeness (QED) is 0.460. The van der Waals surface area contributed by atoms with E-state index in [-0.39, 0.29) is 29.7 Å². The molecule has 0 rings (SSSR count). The first kappa shape index (κ1) is 56.4. The molecule has 0 aromatic carbocycles. The lowest BCUT2D eigenvalue weighted by molar-refractivity contribution is 0.886. The highest BCUT2D eigenvalue weighted by Gasteiger charge is 1.58. The van der Waals surface area contributed by atoms with Crippen molar-refractivity contribution in [3.05, 3.63) is 0 Å². The molecule has 0 aliphatic heterocycles. The maximum absolute atomic E-state index is 2.18. The number of hydrogen-bond acceptors (Lipinski definition) is 0. The van der Waals surface area contributed by atoms with E-state index in [0.29, 0.717) is 0 Å². The highest BCUT2D eigenvalue weighted by Crippen LogP contribution is 1.78. The van der Waals surface area contributed by atoms with E-state index in [4.69, 9.17) is 0 Å². The van der Waals surface area contributed by atoms with Gasteiger partial charge in [0.2, 0.25) is 0 Å².